The summed E-state index contributed by atoms with van der Waals surface area (Å²) in [4.78, 5) is 2.55. The second kappa shape index (κ2) is 6.49. The second-order valence-electron chi connectivity index (χ2n) is 5.51. The Morgan fingerprint density at radius 2 is 1.87 bits per heavy atom. The van der Waals surface area contributed by atoms with Gasteiger partial charge in [-0.25, -0.2) is 0 Å². The number of rotatable bonds is 5. The number of nitrogens with zero attached hydrogens (tertiary/aromatic N) is 1. The lowest BCUT2D eigenvalue weighted by molar-refractivity contribution is 0.167. The summed E-state index contributed by atoms with van der Waals surface area (Å²) in [6.07, 6.45) is 8.05. The molecule has 90 valence electrons. The normalized spacial score (nSPS) is 29.4. The molecule has 0 aromatic carbocycles. The molecule has 2 N–H and O–H groups in total. The van der Waals surface area contributed by atoms with Gasteiger partial charge in [-0.05, 0) is 65.0 Å². The van der Waals surface area contributed by atoms with Crippen LogP contribution in [-0.4, -0.2) is 30.6 Å². The van der Waals surface area contributed by atoms with Crippen molar-refractivity contribution in [1.82, 2.24) is 4.90 Å². The van der Waals surface area contributed by atoms with Crippen LogP contribution in [0.2, 0.25) is 0 Å². The molecule has 0 bridgehead atoms. The summed E-state index contributed by atoms with van der Waals surface area (Å²) in [6.45, 7) is 5.70. The van der Waals surface area contributed by atoms with Gasteiger partial charge in [0.05, 0.1) is 0 Å². The molecule has 1 aliphatic carbocycles. The lowest BCUT2D eigenvalue weighted by atomic mass is 9.87. The summed E-state index contributed by atoms with van der Waals surface area (Å²) >= 11 is 0. The zero-order chi connectivity index (χ0) is 11.3. The Bertz CT molecular complexity index is 160. The van der Waals surface area contributed by atoms with Gasteiger partial charge in [0.15, 0.2) is 0 Å². The zero-order valence-corrected chi connectivity index (χ0v) is 10.7. The van der Waals surface area contributed by atoms with E-state index in [0.29, 0.717) is 6.04 Å². The van der Waals surface area contributed by atoms with Gasteiger partial charge in [-0.1, -0.05) is 6.92 Å². The Labute approximate surface area is 95.2 Å². The Morgan fingerprint density at radius 1 is 1.27 bits per heavy atom. The van der Waals surface area contributed by atoms with E-state index in [-0.39, 0.29) is 0 Å². The molecule has 0 heterocycles. The van der Waals surface area contributed by atoms with Crippen molar-refractivity contribution >= 4 is 0 Å². The van der Waals surface area contributed by atoms with E-state index in [1.165, 1.54) is 38.6 Å². The fourth-order valence-electron chi connectivity index (χ4n) is 2.53. The highest BCUT2D eigenvalue weighted by Crippen LogP contribution is 2.26. The lowest BCUT2D eigenvalue weighted by Gasteiger charge is -2.33. The molecule has 1 fully saturated rings. The quantitative estimate of drug-likeness (QED) is 0.759. The highest BCUT2D eigenvalue weighted by Gasteiger charge is 2.21. The average molecular weight is 212 g/mol. The zero-order valence-electron chi connectivity index (χ0n) is 10.7. The Hall–Kier alpha value is -0.0800. The van der Waals surface area contributed by atoms with Gasteiger partial charge in [-0.15, -0.1) is 0 Å². The third-order valence-corrected chi connectivity index (χ3v) is 3.78. The van der Waals surface area contributed by atoms with E-state index in [1.807, 2.05) is 0 Å². The molecule has 1 aliphatic rings. The van der Waals surface area contributed by atoms with Crippen LogP contribution in [0.25, 0.3) is 0 Å². The molecule has 0 aromatic heterocycles. The van der Waals surface area contributed by atoms with Crippen molar-refractivity contribution in [1.29, 1.82) is 0 Å². The molecule has 1 unspecified atom stereocenters. The van der Waals surface area contributed by atoms with Gasteiger partial charge in [0.1, 0.15) is 0 Å². The van der Waals surface area contributed by atoms with Gasteiger partial charge in [0.2, 0.25) is 0 Å². The minimum Gasteiger partial charge on any atom is -0.328 e. The van der Waals surface area contributed by atoms with Crippen LogP contribution < -0.4 is 5.73 Å². The van der Waals surface area contributed by atoms with Crippen LogP contribution in [0, 0.1) is 5.92 Å². The van der Waals surface area contributed by atoms with Crippen molar-refractivity contribution in [3.05, 3.63) is 0 Å². The van der Waals surface area contributed by atoms with Gasteiger partial charge in [0.25, 0.3) is 0 Å². The van der Waals surface area contributed by atoms with Gasteiger partial charge < -0.3 is 10.6 Å². The van der Waals surface area contributed by atoms with Crippen molar-refractivity contribution in [2.45, 2.75) is 64.5 Å². The van der Waals surface area contributed by atoms with Crippen molar-refractivity contribution in [2.24, 2.45) is 11.7 Å². The lowest BCUT2D eigenvalue weighted by Crippen LogP contribution is -2.35. The number of hydrogen-bond acceptors (Lipinski definition) is 2. The SMILES string of the molecule is CC(N)CCCN(C)C1CCC(C)CC1. The van der Waals surface area contributed by atoms with E-state index in [0.717, 1.165) is 18.4 Å². The van der Waals surface area contributed by atoms with Crippen LogP contribution in [0.4, 0.5) is 0 Å². The monoisotopic (exact) mass is 212 g/mol. The van der Waals surface area contributed by atoms with E-state index >= 15 is 0 Å². The van der Waals surface area contributed by atoms with Crippen molar-refractivity contribution in [3.63, 3.8) is 0 Å². The maximum absolute atomic E-state index is 5.76. The van der Waals surface area contributed by atoms with Crippen molar-refractivity contribution in [3.8, 4) is 0 Å². The molecule has 0 aromatic rings. The Morgan fingerprint density at radius 3 is 2.40 bits per heavy atom. The van der Waals surface area contributed by atoms with E-state index in [9.17, 15) is 0 Å². The maximum Gasteiger partial charge on any atom is 0.00924 e. The third kappa shape index (κ3) is 4.98. The molecule has 2 nitrogen and oxygen atoms in total. The highest BCUT2D eigenvalue weighted by molar-refractivity contribution is 4.76. The summed E-state index contributed by atoms with van der Waals surface area (Å²) in [5.74, 6) is 0.957. The topological polar surface area (TPSA) is 29.3 Å². The summed E-state index contributed by atoms with van der Waals surface area (Å²) in [7, 11) is 2.28. The fraction of sp³-hybridized carbons (Fsp3) is 1.00. The summed E-state index contributed by atoms with van der Waals surface area (Å²) in [5.41, 5.74) is 5.76. The Kier molecular flexibility index (Phi) is 5.62. The van der Waals surface area contributed by atoms with Crippen LogP contribution in [-0.2, 0) is 0 Å². The summed E-state index contributed by atoms with van der Waals surface area (Å²) in [5, 5.41) is 0. The molecule has 1 saturated carbocycles. The predicted octanol–water partition coefficient (Wildman–Crippen LogP) is 2.62. The van der Waals surface area contributed by atoms with Crippen LogP contribution >= 0.6 is 0 Å². The molecule has 2 heteroatoms. The standard InChI is InChI=1S/C13H28N2/c1-11-6-8-13(9-7-11)15(3)10-4-5-12(2)14/h11-13H,4-10,14H2,1-3H3. The largest absolute Gasteiger partial charge is 0.328 e. The minimum atomic E-state index is 0.366. The first-order chi connectivity index (χ1) is 7.09. The molecule has 0 amide bonds. The first-order valence-corrected chi connectivity index (χ1v) is 6.55. The summed E-state index contributed by atoms with van der Waals surface area (Å²) in [6, 6.07) is 1.21. The van der Waals surface area contributed by atoms with E-state index in [2.05, 4.69) is 25.8 Å². The first kappa shape index (κ1) is 13.0. The van der Waals surface area contributed by atoms with E-state index in [4.69, 9.17) is 5.73 Å². The van der Waals surface area contributed by atoms with Gasteiger partial charge >= 0.3 is 0 Å². The van der Waals surface area contributed by atoms with Crippen molar-refractivity contribution in [2.75, 3.05) is 13.6 Å². The molecule has 0 spiro atoms. The molecular weight excluding hydrogens is 184 g/mol. The average Bonchev–Trinajstić information content (AvgIpc) is 2.18. The molecule has 1 atom stereocenters. The van der Waals surface area contributed by atoms with Gasteiger partial charge in [0, 0.05) is 12.1 Å². The molecular formula is C13H28N2. The predicted molar refractivity (Wildman–Crippen MR) is 66.9 cm³/mol. The van der Waals surface area contributed by atoms with E-state index in [1.54, 1.807) is 0 Å². The minimum absolute atomic E-state index is 0.366. The Balaban J connectivity index is 2.13. The number of hydrogen-bond donors (Lipinski definition) is 1. The van der Waals surface area contributed by atoms with Gasteiger partial charge in [-0.3, -0.25) is 0 Å². The maximum atomic E-state index is 5.76. The second-order valence-corrected chi connectivity index (χ2v) is 5.51. The van der Waals surface area contributed by atoms with Crippen LogP contribution in [0.1, 0.15) is 52.4 Å². The fourth-order valence-corrected chi connectivity index (χ4v) is 2.53. The van der Waals surface area contributed by atoms with Crippen LogP contribution in [0.15, 0.2) is 0 Å². The van der Waals surface area contributed by atoms with E-state index < -0.39 is 0 Å². The smallest absolute Gasteiger partial charge is 0.00924 e. The first-order valence-electron chi connectivity index (χ1n) is 6.55. The highest BCUT2D eigenvalue weighted by atomic mass is 15.1. The molecule has 1 rings (SSSR count). The van der Waals surface area contributed by atoms with Crippen molar-refractivity contribution < 1.29 is 0 Å². The summed E-state index contributed by atoms with van der Waals surface area (Å²) < 4.78 is 0. The van der Waals surface area contributed by atoms with Crippen LogP contribution in [0.5, 0.6) is 0 Å². The molecule has 0 aliphatic heterocycles. The molecule has 15 heavy (non-hydrogen) atoms. The molecule has 0 saturated heterocycles. The van der Waals surface area contributed by atoms with Gasteiger partial charge in [-0.2, -0.15) is 0 Å². The number of nitrogens with two attached hydrogens (primary N) is 1. The molecule has 0 radical (unpaired) electrons. The third-order valence-electron chi connectivity index (χ3n) is 3.78. The van der Waals surface area contributed by atoms with Crippen LogP contribution in [0.3, 0.4) is 0 Å².